The molecule has 0 aromatic carbocycles. The van der Waals surface area contributed by atoms with Crippen LogP contribution >= 0.6 is 0 Å². The van der Waals surface area contributed by atoms with Gasteiger partial charge in [0.1, 0.15) is 5.56 Å². The van der Waals surface area contributed by atoms with Gasteiger partial charge in [-0.3, -0.25) is 9.59 Å². The van der Waals surface area contributed by atoms with Crippen molar-refractivity contribution in [3.63, 3.8) is 0 Å². The predicted molar refractivity (Wildman–Crippen MR) is 69.7 cm³/mol. The number of aryl methyl sites for hydroxylation is 1. The van der Waals surface area contributed by atoms with E-state index in [2.05, 4.69) is 15.6 Å². The fourth-order valence-corrected chi connectivity index (χ4v) is 2.17. The van der Waals surface area contributed by atoms with E-state index >= 15 is 0 Å². The van der Waals surface area contributed by atoms with Gasteiger partial charge in [-0.25, -0.2) is 0 Å². The number of carbonyl (C=O) groups excluding carboxylic acids is 1. The molecule has 5 heteroatoms. The molecule has 2 heterocycles. The van der Waals surface area contributed by atoms with Gasteiger partial charge < -0.3 is 15.6 Å². The zero-order valence-electron chi connectivity index (χ0n) is 10.6. The van der Waals surface area contributed by atoms with Crippen LogP contribution in [0.15, 0.2) is 17.1 Å². The highest BCUT2D eigenvalue weighted by atomic mass is 16.2. The molecule has 1 fully saturated rings. The molecule has 3 N–H and O–H groups in total. The molecule has 1 saturated heterocycles. The number of aromatic amines is 1. The fourth-order valence-electron chi connectivity index (χ4n) is 2.17. The van der Waals surface area contributed by atoms with Crippen molar-refractivity contribution in [1.82, 2.24) is 15.6 Å². The number of pyridine rings is 1. The number of amides is 1. The van der Waals surface area contributed by atoms with E-state index in [-0.39, 0.29) is 16.9 Å². The summed E-state index contributed by atoms with van der Waals surface area (Å²) in [4.78, 5) is 26.4. The van der Waals surface area contributed by atoms with Crippen molar-refractivity contribution < 1.29 is 4.79 Å². The Balaban J connectivity index is 1.93. The van der Waals surface area contributed by atoms with E-state index in [4.69, 9.17) is 0 Å². The molecule has 0 atom stereocenters. The Morgan fingerprint density at radius 1 is 1.44 bits per heavy atom. The van der Waals surface area contributed by atoms with Gasteiger partial charge >= 0.3 is 0 Å². The van der Waals surface area contributed by atoms with E-state index in [1.54, 1.807) is 6.92 Å². The number of hydrogen-bond acceptors (Lipinski definition) is 3. The van der Waals surface area contributed by atoms with Crippen molar-refractivity contribution in [1.29, 1.82) is 0 Å². The molecule has 0 radical (unpaired) electrons. The summed E-state index contributed by atoms with van der Waals surface area (Å²) in [6, 6.07) is 1.44. The van der Waals surface area contributed by atoms with Crippen molar-refractivity contribution in [2.45, 2.75) is 19.8 Å². The molecule has 0 bridgehead atoms. The Bertz CT molecular complexity index is 475. The summed E-state index contributed by atoms with van der Waals surface area (Å²) >= 11 is 0. The van der Waals surface area contributed by atoms with E-state index in [0.717, 1.165) is 31.6 Å². The molecule has 1 amide bonds. The summed E-state index contributed by atoms with van der Waals surface area (Å²) in [7, 11) is 0. The monoisotopic (exact) mass is 249 g/mol. The van der Waals surface area contributed by atoms with Crippen molar-refractivity contribution in [3.8, 4) is 0 Å². The Morgan fingerprint density at radius 2 is 2.17 bits per heavy atom. The second-order valence-corrected chi connectivity index (χ2v) is 4.80. The maximum atomic E-state index is 11.9. The van der Waals surface area contributed by atoms with Crippen molar-refractivity contribution >= 4 is 5.91 Å². The lowest BCUT2D eigenvalue weighted by atomic mass is 9.98. The number of piperidine rings is 1. The van der Waals surface area contributed by atoms with Crippen LogP contribution in [0.1, 0.15) is 28.9 Å². The Hall–Kier alpha value is -1.62. The van der Waals surface area contributed by atoms with E-state index < -0.39 is 0 Å². The molecule has 1 aliphatic heterocycles. The largest absolute Gasteiger partial charge is 0.364 e. The Labute approximate surface area is 106 Å². The number of aromatic nitrogens is 1. The minimum absolute atomic E-state index is 0.189. The van der Waals surface area contributed by atoms with Gasteiger partial charge in [-0.05, 0) is 38.8 Å². The van der Waals surface area contributed by atoms with Crippen LogP contribution in [0.3, 0.4) is 0 Å². The number of hydrogen-bond donors (Lipinski definition) is 3. The topological polar surface area (TPSA) is 74.0 Å². The summed E-state index contributed by atoms with van der Waals surface area (Å²) in [5.74, 6) is 0.231. The molecule has 0 unspecified atom stereocenters. The molecule has 2 rings (SSSR count). The summed E-state index contributed by atoms with van der Waals surface area (Å²) in [6.07, 6.45) is 3.63. The van der Waals surface area contributed by atoms with Gasteiger partial charge in [0, 0.05) is 24.5 Å². The molecule has 98 valence electrons. The van der Waals surface area contributed by atoms with Gasteiger partial charge in [0.15, 0.2) is 5.43 Å². The zero-order chi connectivity index (χ0) is 13.0. The van der Waals surface area contributed by atoms with E-state index in [1.165, 1.54) is 12.3 Å². The maximum Gasteiger partial charge on any atom is 0.256 e. The molecule has 0 spiro atoms. The van der Waals surface area contributed by atoms with Crippen molar-refractivity contribution in [2.75, 3.05) is 19.6 Å². The molecule has 0 aliphatic carbocycles. The smallest absolute Gasteiger partial charge is 0.256 e. The van der Waals surface area contributed by atoms with Crippen LogP contribution in [-0.4, -0.2) is 30.5 Å². The number of H-pyrrole nitrogens is 1. The van der Waals surface area contributed by atoms with Crippen LogP contribution in [0.5, 0.6) is 0 Å². The predicted octanol–water partition coefficient (Wildman–Crippen LogP) is 0.413. The summed E-state index contributed by atoms with van der Waals surface area (Å²) in [5, 5.41) is 6.12. The summed E-state index contributed by atoms with van der Waals surface area (Å²) < 4.78 is 0. The normalized spacial score (nSPS) is 16.5. The average Bonchev–Trinajstić information content (AvgIpc) is 2.37. The van der Waals surface area contributed by atoms with E-state index in [0.29, 0.717) is 12.5 Å². The highest BCUT2D eigenvalue weighted by molar-refractivity contribution is 5.93. The van der Waals surface area contributed by atoms with Crippen LogP contribution < -0.4 is 16.1 Å². The van der Waals surface area contributed by atoms with Gasteiger partial charge in [0.2, 0.25) is 0 Å². The standard InChI is InChI=1S/C13H19N3O2/c1-9-6-12(17)11(8-15-9)13(18)16-7-10-2-4-14-5-3-10/h6,8,10,14H,2-5,7H2,1H3,(H,15,17)(H,16,18). The number of carbonyl (C=O) groups is 1. The average molecular weight is 249 g/mol. The molecule has 1 aromatic heterocycles. The maximum absolute atomic E-state index is 11.9. The third-order valence-electron chi connectivity index (χ3n) is 3.31. The van der Waals surface area contributed by atoms with Gasteiger partial charge in [-0.1, -0.05) is 0 Å². The highest BCUT2D eigenvalue weighted by Gasteiger charge is 2.15. The van der Waals surface area contributed by atoms with Crippen LogP contribution in [0, 0.1) is 12.8 Å². The Morgan fingerprint density at radius 3 is 2.83 bits per heavy atom. The lowest BCUT2D eigenvalue weighted by molar-refractivity contribution is 0.0943. The Kier molecular flexibility index (Phi) is 4.15. The number of rotatable bonds is 3. The first-order valence-electron chi connectivity index (χ1n) is 6.35. The second kappa shape index (κ2) is 5.82. The lowest BCUT2D eigenvalue weighted by Crippen LogP contribution is -2.37. The molecule has 1 aliphatic rings. The minimum Gasteiger partial charge on any atom is -0.364 e. The third kappa shape index (κ3) is 3.20. The van der Waals surface area contributed by atoms with Gasteiger partial charge in [0.05, 0.1) is 0 Å². The minimum atomic E-state index is -0.283. The van der Waals surface area contributed by atoms with E-state index in [9.17, 15) is 9.59 Å². The van der Waals surface area contributed by atoms with Crippen LogP contribution in [0.2, 0.25) is 0 Å². The molecular weight excluding hydrogens is 230 g/mol. The highest BCUT2D eigenvalue weighted by Crippen LogP contribution is 2.09. The van der Waals surface area contributed by atoms with Crippen molar-refractivity contribution in [2.24, 2.45) is 5.92 Å². The quantitative estimate of drug-likeness (QED) is 0.726. The first-order chi connectivity index (χ1) is 8.66. The molecule has 1 aromatic rings. The van der Waals surface area contributed by atoms with Crippen LogP contribution in [0.25, 0.3) is 0 Å². The van der Waals surface area contributed by atoms with Gasteiger partial charge in [-0.15, -0.1) is 0 Å². The zero-order valence-corrected chi connectivity index (χ0v) is 10.6. The summed E-state index contributed by atoms with van der Waals surface area (Å²) in [5.41, 5.74) is 0.721. The first kappa shape index (κ1) is 12.8. The molecule has 0 saturated carbocycles. The summed E-state index contributed by atoms with van der Waals surface area (Å²) in [6.45, 7) is 4.45. The van der Waals surface area contributed by atoms with Gasteiger partial charge in [0.25, 0.3) is 5.91 Å². The fraction of sp³-hybridized carbons (Fsp3) is 0.538. The van der Waals surface area contributed by atoms with Crippen molar-refractivity contribution in [3.05, 3.63) is 33.7 Å². The first-order valence-corrected chi connectivity index (χ1v) is 6.35. The van der Waals surface area contributed by atoms with Gasteiger partial charge in [-0.2, -0.15) is 0 Å². The van der Waals surface area contributed by atoms with Crippen LogP contribution in [0.4, 0.5) is 0 Å². The second-order valence-electron chi connectivity index (χ2n) is 4.80. The molecule has 5 nitrogen and oxygen atoms in total. The lowest BCUT2D eigenvalue weighted by Gasteiger charge is -2.22. The third-order valence-corrected chi connectivity index (χ3v) is 3.31. The van der Waals surface area contributed by atoms with Crippen LogP contribution in [-0.2, 0) is 0 Å². The molecular formula is C13H19N3O2. The number of nitrogens with one attached hydrogen (secondary N) is 3. The molecule has 18 heavy (non-hydrogen) atoms. The SMILES string of the molecule is Cc1cc(=O)c(C(=O)NCC2CCNCC2)c[nH]1. The van der Waals surface area contributed by atoms with E-state index in [1.807, 2.05) is 0 Å².